The summed E-state index contributed by atoms with van der Waals surface area (Å²) in [5, 5.41) is 2.39. The Balaban J connectivity index is 2.17. The second-order valence-electron chi connectivity index (χ2n) is 4.28. The van der Waals surface area contributed by atoms with E-state index in [-0.39, 0.29) is 17.9 Å². The van der Waals surface area contributed by atoms with Crippen LogP contribution in [0.15, 0.2) is 23.9 Å². The Morgan fingerprint density at radius 1 is 1.44 bits per heavy atom. The van der Waals surface area contributed by atoms with Crippen LogP contribution in [0.3, 0.4) is 0 Å². The predicted octanol–water partition coefficient (Wildman–Crippen LogP) is 0.957. The minimum Gasteiger partial charge on any atom is -0.359 e. The van der Waals surface area contributed by atoms with Crippen molar-refractivity contribution >= 4 is 11.8 Å². The Labute approximate surface area is 95.0 Å². The third-order valence-electron chi connectivity index (χ3n) is 3.25. The topological polar surface area (TPSA) is 49.4 Å². The van der Waals surface area contributed by atoms with Gasteiger partial charge in [0, 0.05) is 18.7 Å². The summed E-state index contributed by atoms with van der Waals surface area (Å²) < 4.78 is 0. The van der Waals surface area contributed by atoms with Crippen molar-refractivity contribution < 1.29 is 9.59 Å². The number of hydrogen-bond donors (Lipinski definition) is 1. The van der Waals surface area contributed by atoms with E-state index in [9.17, 15) is 9.59 Å². The fourth-order valence-electron chi connectivity index (χ4n) is 2.38. The lowest BCUT2D eigenvalue weighted by atomic mass is 10.0. The zero-order valence-corrected chi connectivity index (χ0v) is 9.45. The molecule has 0 saturated carbocycles. The molecule has 2 amide bonds. The molecule has 0 aromatic carbocycles. The SMILES string of the molecule is C=CC1=C(C)CCN1C1CCC(=O)NC1=O. The first kappa shape index (κ1) is 10.9. The molecule has 2 heterocycles. The molecule has 2 aliphatic rings. The van der Waals surface area contributed by atoms with Crippen LogP contribution in [0.1, 0.15) is 26.2 Å². The monoisotopic (exact) mass is 220 g/mol. The number of nitrogens with one attached hydrogen (secondary N) is 1. The number of piperidine rings is 1. The summed E-state index contributed by atoms with van der Waals surface area (Å²) in [5.41, 5.74) is 2.31. The van der Waals surface area contributed by atoms with Gasteiger partial charge in [-0.05, 0) is 31.4 Å². The fourth-order valence-corrected chi connectivity index (χ4v) is 2.38. The maximum Gasteiger partial charge on any atom is 0.249 e. The van der Waals surface area contributed by atoms with E-state index in [0.29, 0.717) is 12.8 Å². The van der Waals surface area contributed by atoms with E-state index in [1.54, 1.807) is 6.08 Å². The van der Waals surface area contributed by atoms with E-state index in [1.165, 1.54) is 5.57 Å². The Morgan fingerprint density at radius 3 is 2.81 bits per heavy atom. The summed E-state index contributed by atoms with van der Waals surface area (Å²) in [6.45, 7) is 6.69. The minimum atomic E-state index is -0.205. The van der Waals surface area contributed by atoms with Crippen molar-refractivity contribution in [3.63, 3.8) is 0 Å². The van der Waals surface area contributed by atoms with E-state index in [2.05, 4.69) is 23.7 Å². The number of imide groups is 1. The molecular weight excluding hydrogens is 204 g/mol. The van der Waals surface area contributed by atoms with E-state index in [4.69, 9.17) is 0 Å². The number of amides is 2. The summed E-state index contributed by atoms with van der Waals surface area (Å²) in [6.07, 6.45) is 3.80. The summed E-state index contributed by atoms with van der Waals surface area (Å²) >= 11 is 0. The Bertz CT molecular complexity index is 384. The van der Waals surface area contributed by atoms with Crippen molar-refractivity contribution in [3.05, 3.63) is 23.9 Å². The molecule has 0 aromatic rings. The van der Waals surface area contributed by atoms with Crippen LogP contribution in [0.2, 0.25) is 0 Å². The van der Waals surface area contributed by atoms with Crippen LogP contribution in [-0.4, -0.2) is 29.3 Å². The maximum atomic E-state index is 11.7. The second kappa shape index (κ2) is 4.12. The smallest absolute Gasteiger partial charge is 0.249 e. The van der Waals surface area contributed by atoms with Gasteiger partial charge in [-0.25, -0.2) is 0 Å². The Kier molecular flexibility index (Phi) is 2.81. The number of hydrogen-bond acceptors (Lipinski definition) is 3. The number of rotatable bonds is 2. The molecule has 0 spiro atoms. The average Bonchev–Trinajstić information content (AvgIpc) is 2.59. The van der Waals surface area contributed by atoms with Gasteiger partial charge in [-0.2, -0.15) is 0 Å². The molecule has 1 atom stereocenters. The van der Waals surface area contributed by atoms with Gasteiger partial charge in [0.2, 0.25) is 11.8 Å². The summed E-state index contributed by atoms with van der Waals surface area (Å²) in [7, 11) is 0. The molecule has 1 N–H and O–H groups in total. The zero-order chi connectivity index (χ0) is 11.7. The predicted molar refractivity (Wildman–Crippen MR) is 60.4 cm³/mol. The van der Waals surface area contributed by atoms with Gasteiger partial charge in [-0.3, -0.25) is 14.9 Å². The van der Waals surface area contributed by atoms with Crippen LogP contribution in [-0.2, 0) is 9.59 Å². The van der Waals surface area contributed by atoms with Gasteiger partial charge in [-0.1, -0.05) is 6.58 Å². The number of allylic oxidation sites excluding steroid dienone is 1. The van der Waals surface area contributed by atoms with Crippen molar-refractivity contribution in [2.45, 2.75) is 32.2 Å². The molecule has 2 aliphatic heterocycles. The van der Waals surface area contributed by atoms with Gasteiger partial charge in [-0.15, -0.1) is 0 Å². The van der Waals surface area contributed by atoms with Crippen LogP contribution in [0.5, 0.6) is 0 Å². The first-order valence-electron chi connectivity index (χ1n) is 5.56. The largest absolute Gasteiger partial charge is 0.359 e. The number of nitrogens with zero attached hydrogens (tertiary/aromatic N) is 1. The molecule has 0 aliphatic carbocycles. The van der Waals surface area contributed by atoms with Crippen LogP contribution in [0.4, 0.5) is 0 Å². The molecule has 0 bridgehead atoms. The quantitative estimate of drug-likeness (QED) is 0.705. The molecule has 86 valence electrons. The first-order valence-corrected chi connectivity index (χ1v) is 5.56. The van der Waals surface area contributed by atoms with Crippen molar-refractivity contribution in [2.24, 2.45) is 0 Å². The van der Waals surface area contributed by atoms with Crippen molar-refractivity contribution in [1.82, 2.24) is 10.2 Å². The molecule has 1 fully saturated rings. The lowest BCUT2D eigenvalue weighted by Gasteiger charge is -2.32. The normalized spacial score (nSPS) is 26.1. The van der Waals surface area contributed by atoms with Crippen LogP contribution in [0.25, 0.3) is 0 Å². The standard InChI is InChI=1S/C12H16N2O2/c1-3-9-8(2)6-7-14(9)10-4-5-11(15)13-12(10)16/h3,10H,1,4-7H2,2H3,(H,13,15,16). The molecule has 16 heavy (non-hydrogen) atoms. The second-order valence-corrected chi connectivity index (χ2v) is 4.28. The van der Waals surface area contributed by atoms with Gasteiger partial charge < -0.3 is 4.90 Å². The Morgan fingerprint density at radius 2 is 2.19 bits per heavy atom. The molecule has 0 radical (unpaired) electrons. The minimum absolute atomic E-state index is 0.165. The summed E-state index contributed by atoms with van der Waals surface area (Å²) in [6, 6.07) is -0.205. The van der Waals surface area contributed by atoms with E-state index < -0.39 is 0 Å². The van der Waals surface area contributed by atoms with E-state index >= 15 is 0 Å². The van der Waals surface area contributed by atoms with Crippen molar-refractivity contribution in [2.75, 3.05) is 6.54 Å². The molecule has 4 nitrogen and oxygen atoms in total. The van der Waals surface area contributed by atoms with E-state index in [0.717, 1.165) is 18.7 Å². The highest BCUT2D eigenvalue weighted by atomic mass is 16.2. The molecule has 2 rings (SSSR count). The van der Waals surface area contributed by atoms with Gasteiger partial charge in [0.15, 0.2) is 0 Å². The average molecular weight is 220 g/mol. The molecular formula is C12H16N2O2. The first-order chi connectivity index (χ1) is 7.63. The summed E-state index contributed by atoms with van der Waals surface area (Å²) in [4.78, 5) is 24.9. The van der Waals surface area contributed by atoms with Crippen LogP contribution < -0.4 is 5.32 Å². The molecule has 1 unspecified atom stereocenters. The van der Waals surface area contributed by atoms with Crippen LogP contribution >= 0.6 is 0 Å². The third-order valence-corrected chi connectivity index (χ3v) is 3.25. The zero-order valence-electron chi connectivity index (χ0n) is 9.45. The Hall–Kier alpha value is -1.58. The number of carbonyl (C=O) groups excluding carboxylic acids is 2. The third kappa shape index (κ3) is 1.75. The highest BCUT2D eigenvalue weighted by Crippen LogP contribution is 2.28. The highest BCUT2D eigenvalue weighted by molar-refractivity contribution is 6.00. The molecule has 1 saturated heterocycles. The molecule has 0 aromatic heterocycles. The lowest BCUT2D eigenvalue weighted by molar-refractivity contribution is -0.136. The van der Waals surface area contributed by atoms with Gasteiger partial charge in [0.05, 0.1) is 0 Å². The van der Waals surface area contributed by atoms with E-state index in [1.807, 2.05) is 0 Å². The number of carbonyl (C=O) groups is 2. The molecule has 4 heteroatoms. The van der Waals surface area contributed by atoms with Crippen molar-refractivity contribution in [3.8, 4) is 0 Å². The van der Waals surface area contributed by atoms with Gasteiger partial charge in [0.25, 0.3) is 0 Å². The highest BCUT2D eigenvalue weighted by Gasteiger charge is 2.34. The maximum absolute atomic E-state index is 11.7. The van der Waals surface area contributed by atoms with Crippen molar-refractivity contribution in [1.29, 1.82) is 0 Å². The van der Waals surface area contributed by atoms with Gasteiger partial charge in [0.1, 0.15) is 6.04 Å². The fraction of sp³-hybridized carbons (Fsp3) is 0.500. The van der Waals surface area contributed by atoms with Gasteiger partial charge >= 0.3 is 0 Å². The lowest BCUT2D eigenvalue weighted by Crippen LogP contribution is -2.51. The van der Waals surface area contributed by atoms with Crippen LogP contribution in [0, 0.1) is 0 Å². The summed E-state index contributed by atoms with van der Waals surface area (Å²) in [5.74, 6) is -0.341.